The van der Waals surface area contributed by atoms with Crippen molar-refractivity contribution in [2.75, 3.05) is 42.3 Å². The van der Waals surface area contributed by atoms with Crippen molar-refractivity contribution in [3.8, 4) is 5.75 Å². The summed E-state index contributed by atoms with van der Waals surface area (Å²) in [6.07, 6.45) is 5.05. The van der Waals surface area contributed by atoms with Gasteiger partial charge in [-0.15, -0.1) is 0 Å². The van der Waals surface area contributed by atoms with Crippen LogP contribution in [0.1, 0.15) is 31.2 Å². The Morgan fingerprint density at radius 1 is 1.04 bits per heavy atom. The molecule has 2 N–H and O–H groups in total. The van der Waals surface area contributed by atoms with E-state index in [0.29, 0.717) is 11.4 Å². The first-order valence-electron chi connectivity index (χ1n) is 9.70. The summed E-state index contributed by atoms with van der Waals surface area (Å²) in [4.78, 5) is 14.9. The molecule has 1 aliphatic heterocycles. The molecule has 0 spiro atoms. The number of nitrogens with one attached hydrogen (secondary N) is 2. The molecule has 1 amide bonds. The molecule has 0 aromatic heterocycles. The molecule has 2 aromatic carbocycles. The normalized spacial score (nSPS) is 14.4. The molecular formula is C22H29N3O2. The van der Waals surface area contributed by atoms with Crippen molar-refractivity contribution < 1.29 is 9.53 Å². The SMILES string of the molecule is COc1ccc(C)cc1NC(=O)CNc1ccccc1N1CCCCCC1. The van der Waals surface area contributed by atoms with Crippen molar-refractivity contribution in [3.05, 3.63) is 48.0 Å². The third-order valence-electron chi connectivity index (χ3n) is 4.92. The van der Waals surface area contributed by atoms with Gasteiger partial charge in [0.25, 0.3) is 0 Å². The lowest BCUT2D eigenvalue weighted by molar-refractivity contribution is -0.114. The number of rotatable bonds is 6. The molecule has 5 heteroatoms. The molecule has 1 aliphatic rings. The van der Waals surface area contributed by atoms with Crippen LogP contribution in [0.3, 0.4) is 0 Å². The van der Waals surface area contributed by atoms with Gasteiger partial charge < -0.3 is 20.3 Å². The third-order valence-corrected chi connectivity index (χ3v) is 4.92. The van der Waals surface area contributed by atoms with Gasteiger partial charge in [-0.1, -0.05) is 31.0 Å². The van der Waals surface area contributed by atoms with Crippen LogP contribution in [-0.4, -0.2) is 32.7 Å². The summed E-state index contributed by atoms with van der Waals surface area (Å²) in [6.45, 7) is 4.35. The molecule has 27 heavy (non-hydrogen) atoms. The summed E-state index contributed by atoms with van der Waals surface area (Å²) >= 11 is 0. The van der Waals surface area contributed by atoms with Gasteiger partial charge in [0.2, 0.25) is 5.91 Å². The molecular weight excluding hydrogens is 338 g/mol. The zero-order valence-electron chi connectivity index (χ0n) is 16.3. The first kappa shape index (κ1) is 19.1. The number of nitrogens with zero attached hydrogens (tertiary/aromatic N) is 1. The zero-order chi connectivity index (χ0) is 19.1. The fourth-order valence-electron chi connectivity index (χ4n) is 3.50. The Morgan fingerprint density at radius 3 is 2.52 bits per heavy atom. The number of benzene rings is 2. The second-order valence-corrected chi connectivity index (χ2v) is 7.02. The molecule has 0 saturated carbocycles. The summed E-state index contributed by atoms with van der Waals surface area (Å²) in [5, 5.41) is 6.25. The Morgan fingerprint density at radius 2 is 1.78 bits per heavy atom. The van der Waals surface area contributed by atoms with Gasteiger partial charge in [-0.2, -0.15) is 0 Å². The zero-order valence-corrected chi connectivity index (χ0v) is 16.3. The van der Waals surface area contributed by atoms with Crippen LogP contribution in [-0.2, 0) is 4.79 Å². The van der Waals surface area contributed by atoms with E-state index in [1.807, 2.05) is 37.3 Å². The van der Waals surface area contributed by atoms with Crippen molar-refractivity contribution in [3.63, 3.8) is 0 Å². The summed E-state index contributed by atoms with van der Waals surface area (Å²) in [5.74, 6) is 0.573. The smallest absolute Gasteiger partial charge is 0.243 e. The van der Waals surface area contributed by atoms with Crippen LogP contribution >= 0.6 is 0 Å². The quantitative estimate of drug-likeness (QED) is 0.793. The van der Waals surface area contributed by atoms with Crippen molar-refractivity contribution in [2.24, 2.45) is 0 Å². The highest BCUT2D eigenvalue weighted by atomic mass is 16.5. The van der Waals surface area contributed by atoms with Crippen LogP contribution in [0.5, 0.6) is 5.75 Å². The number of carbonyl (C=O) groups excluding carboxylic acids is 1. The van der Waals surface area contributed by atoms with E-state index in [-0.39, 0.29) is 12.5 Å². The maximum absolute atomic E-state index is 12.5. The highest BCUT2D eigenvalue weighted by Crippen LogP contribution is 2.28. The molecule has 144 valence electrons. The van der Waals surface area contributed by atoms with Gasteiger partial charge in [-0.05, 0) is 49.6 Å². The Hall–Kier alpha value is -2.69. The summed E-state index contributed by atoms with van der Waals surface area (Å²) in [6, 6.07) is 14.0. The molecule has 1 fully saturated rings. The van der Waals surface area contributed by atoms with Crippen molar-refractivity contribution in [1.82, 2.24) is 0 Å². The molecule has 0 unspecified atom stereocenters. The van der Waals surface area contributed by atoms with Crippen LogP contribution in [0, 0.1) is 6.92 Å². The van der Waals surface area contributed by atoms with Crippen LogP contribution in [0.15, 0.2) is 42.5 Å². The van der Waals surface area contributed by atoms with Crippen LogP contribution in [0.2, 0.25) is 0 Å². The predicted molar refractivity (Wildman–Crippen MR) is 112 cm³/mol. The number of hydrogen-bond donors (Lipinski definition) is 2. The van der Waals surface area contributed by atoms with Crippen LogP contribution < -0.4 is 20.3 Å². The second kappa shape index (κ2) is 9.31. The number of carbonyl (C=O) groups is 1. The Labute approximate surface area is 161 Å². The molecule has 3 rings (SSSR count). The average molecular weight is 367 g/mol. The van der Waals surface area contributed by atoms with Crippen molar-refractivity contribution >= 4 is 23.0 Å². The van der Waals surface area contributed by atoms with Gasteiger partial charge in [-0.25, -0.2) is 0 Å². The minimum absolute atomic E-state index is 0.0930. The minimum Gasteiger partial charge on any atom is -0.495 e. The second-order valence-electron chi connectivity index (χ2n) is 7.02. The number of amides is 1. The van der Waals surface area contributed by atoms with Crippen molar-refractivity contribution in [1.29, 1.82) is 0 Å². The van der Waals surface area contributed by atoms with E-state index in [0.717, 1.165) is 24.3 Å². The lowest BCUT2D eigenvalue weighted by atomic mass is 10.2. The lowest BCUT2D eigenvalue weighted by Gasteiger charge is -2.25. The van der Waals surface area contributed by atoms with E-state index < -0.39 is 0 Å². The predicted octanol–water partition coefficient (Wildman–Crippen LogP) is 4.43. The molecule has 5 nitrogen and oxygen atoms in total. The Bertz CT molecular complexity index is 768. The largest absolute Gasteiger partial charge is 0.495 e. The maximum atomic E-state index is 12.5. The van der Waals surface area contributed by atoms with Crippen molar-refractivity contribution in [2.45, 2.75) is 32.6 Å². The average Bonchev–Trinajstić information content (AvgIpc) is 2.96. The number of aryl methyl sites for hydroxylation is 1. The topological polar surface area (TPSA) is 53.6 Å². The monoisotopic (exact) mass is 367 g/mol. The van der Waals surface area contributed by atoms with E-state index in [2.05, 4.69) is 27.7 Å². The fourth-order valence-corrected chi connectivity index (χ4v) is 3.50. The van der Waals surface area contributed by atoms with E-state index in [1.54, 1.807) is 7.11 Å². The van der Waals surface area contributed by atoms with Gasteiger partial charge in [-0.3, -0.25) is 4.79 Å². The van der Waals surface area contributed by atoms with Gasteiger partial charge in [0, 0.05) is 13.1 Å². The summed E-state index contributed by atoms with van der Waals surface area (Å²) in [5.41, 5.74) is 3.96. The minimum atomic E-state index is -0.0930. The number of para-hydroxylation sites is 2. The highest BCUT2D eigenvalue weighted by Gasteiger charge is 2.14. The number of ether oxygens (including phenoxy) is 1. The van der Waals surface area contributed by atoms with E-state index in [4.69, 9.17) is 4.74 Å². The summed E-state index contributed by atoms with van der Waals surface area (Å²) < 4.78 is 5.33. The number of methoxy groups -OCH3 is 1. The molecule has 0 aliphatic carbocycles. The molecule has 2 aromatic rings. The lowest BCUT2D eigenvalue weighted by Crippen LogP contribution is -2.27. The van der Waals surface area contributed by atoms with E-state index in [1.165, 1.54) is 31.4 Å². The van der Waals surface area contributed by atoms with E-state index in [9.17, 15) is 4.79 Å². The Balaban J connectivity index is 1.65. The third kappa shape index (κ3) is 5.16. The standard InChI is InChI=1S/C22H29N3O2/c1-17-11-12-21(27-2)19(15-17)24-22(26)16-23-18-9-5-6-10-20(18)25-13-7-3-4-8-14-25/h5-6,9-12,15,23H,3-4,7-8,13-14,16H2,1-2H3,(H,24,26). The first-order chi connectivity index (χ1) is 13.2. The Kier molecular flexibility index (Phi) is 6.58. The van der Waals surface area contributed by atoms with Crippen LogP contribution in [0.4, 0.5) is 17.1 Å². The molecule has 0 bridgehead atoms. The van der Waals surface area contributed by atoms with Gasteiger partial charge in [0.15, 0.2) is 0 Å². The van der Waals surface area contributed by atoms with Gasteiger partial charge in [0.05, 0.1) is 30.7 Å². The van der Waals surface area contributed by atoms with Crippen LogP contribution in [0.25, 0.3) is 0 Å². The fraction of sp³-hybridized carbons (Fsp3) is 0.409. The molecule has 0 radical (unpaired) electrons. The summed E-state index contributed by atoms with van der Waals surface area (Å²) in [7, 11) is 1.61. The maximum Gasteiger partial charge on any atom is 0.243 e. The molecule has 1 saturated heterocycles. The van der Waals surface area contributed by atoms with E-state index >= 15 is 0 Å². The molecule has 1 heterocycles. The molecule has 0 atom stereocenters. The van der Waals surface area contributed by atoms with Gasteiger partial charge in [0.1, 0.15) is 5.75 Å². The number of hydrogen-bond acceptors (Lipinski definition) is 4. The highest BCUT2D eigenvalue weighted by molar-refractivity contribution is 5.95. The first-order valence-corrected chi connectivity index (χ1v) is 9.70. The van der Waals surface area contributed by atoms with Gasteiger partial charge >= 0.3 is 0 Å². The number of anilines is 3.